The molecule has 2 rings (SSSR count). The molecule has 11 heteroatoms. The number of carbonyl (C=O) groups is 1. The molecule has 0 aromatic heterocycles. The number of ether oxygens (including phenoxy) is 2. The maximum atomic E-state index is 12.6. The summed E-state index contributed by atoms with van der Waals surface area (Å²) in [4.78, 5) is 12.0. The third-order valence-corrected chi connectivity index (χ3v) is 4.87. The lowest BCUT2D eigenvalue weighted by Crippen LogP contribution is -2.12. The zero-order valence-corrected chi connectivity index (χ0v) is 19.5. The number of amides is 1. The molecular formula is C21H18Cl4F3NO3. The SMILES string of the molecule is O=C(CCCCOc1c(Cl)cc(OCC=C(Cl)Cl)cc1Cl)Nc1ccc(C(F)(F)F)cc1. The van der Waals surface area contributed by atoms with Crippen LogP contribution in [-0.4, -0.2) is 19.1 Å². The summed E-state index contributed by atoms with van der Waals surface area (Å²) in [6, 6.07) is 7.32. The summed E-state index contributed by atoms with van der Waals surface area (Å²) in [5, 5.41) is 3.07. The average Bonchev–Trinajstić information content (AvgIpc) is 2.69. The van der Waals surface area contributed by atoms with Gasteiger partial charge < -0.3 is 14.8 Å². The molecule has 0 aliphatic heterocycles. The summed E-state index contributed by atoms with van der Waals surface area (Å²) < 4.78 is 48.8. The molecule has 2 aromatic carbocycles. The van der Waals surface area contributed by atoms with E-state index in [0.717, 1.165) is 12.1 Å². The first kappa shape index (κ1) is 26.5. The monoisotopic (exact) mass is 529 g/mol. The third kappa shape index (κ3) is 8.98. The molecule has 0 saturated heterocycles. The molecule has 32 heavy (non-hydrogen) atoms. The van der Waals surface area contributed by atoms with Crippen molar-refractivity contribution in [3.05, 3.63) is 62.6 Å². The summed E-state index contributed by atoms with van der Waals surface area (Å²) >= 11 is 23.4. The number of carbonyl (C=O) groups excluding carboxylic acids is 1. The Labute approximate surface area is 203 Å². The van der Waals surface area contributed by atoms with Crippen LogP contribution in [0, 0.1) is 0 Å². The van der Waals surface area contributed by atoms with Crippen LogP contribution in [0.5, 0.6) is 11.5 Å². The maximum Gasteiger partial charge on any atom is 0.416 e. The van der Waals surface area contributed by atoms with Gasteiger partial charge in [-0.2, -0.15) is 13.2 Å². The van der Waals surface area contributed by atoms with Crippen molar-refractivity contribution in [3.8, 4) is 11.5 Å². The highest BCUT2D eigenvalue weighted by Crippen LogP contribution is 2.37. The Morgan fingerprint density at radius 2 is 1.62 bits per heavy atom. The maximum absolute atomic E-state index is 12.6. The molecule has 0 heterocycles. The number of nitrogens with one attached hydrogen (secondary N) is 1. The number of benzene rings is 2. The molecular weight excluding hydrogens is 513 g/mol. The third-order valence-electron chi connectivity index (χ3n) is 4.00. The minimum absolute atomic E-state index is 0.0789. The molecule has 0 saturated carbocycles. The Bertz CT molecular complexity index is 923. The van der Waals surface area contributed by atoms with Crippen LogP contribution in [0.1, 0.15) is 24.8 Å². The minimum atomic E-state index is -4.42. The van der Waals surface area contributed by atoms with Gasteiger partial charge in [0.15, 0.2) is 5.75 Å². The van der Waals surface area contributed by atoms with Gasteiger partial charge in [0, 0.05) is 24.2 Å². The van der Waals surface area contributed by atoms with Gasteiger partial charge in [-0.15, -0.1) is 0 Å². The fourth-order valence-electron chi connectivity index (χ4n) is 2.49. The number of anilines is 1. The van der Waals surface area contributed by atoms with E-state index in [1.165, 1.54) is 30.3 Å². The largest absolute Gasteiger partial charge is 0.490 e. The van der Waals surface area contributed by atoms with Gasteiger partial charge >= 0.3 is 6.18 Å². The van der Waals surface area contributed by atoms with Crippen LogP contribution in [0.3, 0.4) is 0 Å². The molecule has 0 radical (unpaired) electrons. The molecule has 1 amide bonds. The van der Waals surface area contributed by atoms with Gasteiger partial charge in [-0.05, 0) is 43.2 Å². The van der Waals surface area contributed by atoms with Gasteiger partial charge in [-0.3, -0.25) is 4.79 Å². The molecule has 0 aliphatic rings. The molecule has 1 N–H and O–H groups in total. The van der Waals surface area contributed by atoms with E-state index in [1.54, 1.807) is 0 Å². The Hall–Kier alpha value is -1.80. The van der Waals surface area contributed by atoms with Crippen LogP contribution in [0.15, 0.2) is 47.0 Å². The van der Waals surface area contributed by atoms with E-state index < -0.39 is 11.7 Å². The number of rotatable bonds is 10. The van der Waals surface area contributed by atoms with E-state index in [2.05, 4.69) is 5.32 Å². The molecule has 0 spiro atoms. The molecule has 0 fully saturated rings. The van der Waals surface area contributed by atoms with Crippen LogP contribution in [0.4, 0.5) is 18.9 Å². The van der Waals surface area contributed by atoms with Crippen molar-refractivity contribution in [2.24, 2.45) is 0 Å². The number of halogens is 7. The second-order valence-electron chi connectivity index (χ2n) is 6.45. The van der Waals surface area contributed by atoms with Crippen molar-refractivity contribution < 1.29 is 27.4 Å². The summed E-state index contributed by atoms with van der Waals surface area (Å²) in [7, 11) is 0. The van der Waals surface area contributed by atoms with E-state index in [4.69, 9.17) is 55.9 Å². The lowest BCUT2D eigenvalue weighted by molar-refractivity contribution is -0.137. The average molecular weight is 531 g/mol. The standard InChI is InChI=1S/C21H18Cl4F3NO3/c22-16-11-15(31-10-8-18(24)25)12-17(23)20(16)32-9-2-1-3-19(30)29-14-6-4-13(5-7-14)21(26,27)28/h4-8,11-12H,1-3,9-10H2,(H,29,30). The second kappa shape index (κ2) is 12.4. The molecule has 2 aromatic rings. The van der Waals surface area contributed by atoms with Crippen LogP contribution >= 0.6 is 46.4 Å². The molecule has 0 aliphatic carbocycles. The van der Waals surface area contributed by atoms with Gasteiger partial charge in [0.1, 0.15) is 16.8 Å². The summed E-state index contributed by atoms with van der Waals surface area (Å²) in [5.41, 5.74) is -0.481. The van der Waals surface area contributed by atoms with Crippen molar-refractivity contribution >= 4 is 58.0 Å². The normalized spacial score (nSPS) is 11.1. The van der Waals surface area contributed by atoms with E-state index in [1.807, 2.05) is 0 Å². The quantitative estimate of drug-likeness (QED) is 0.317. The molecule has 174 valence electrons. The zero-order valence-electron chi connectivity index (χ0n) is 16.4. The highest BCUT2D eigenvalue weighted by atomic mass is 35.5. The number of unbranched alkanes of at least 4 members (excludes halogenated alkanes) is 1. The Morgan fingerprint density at radius 1 is 1.00 bits per heavy atom. The van der Waals surface area contributed by atoms with Crippen molar-refractivity contribution in [1.29, 1.82) is 0 Å². The van der Waals surface area contributed by atoms with E-state index in [0.29, 0.717) is 30.0 Å². The zero-order chi connectivity index (χ0) is 23.7. The van der Waals surface area contributed by atoms with Gasteiger partial charge in [0.2, 0.25) is 5.91 Å². The molecule has 4 nitrogen and oxygen atoms in total. The fourth-order valence-corrected chi connectivity index (χ4v) is 3.19. The van der Waals surface area contributed by atoms with Gasteiger partial charge in [-0.1, -0.05) is 46.4 Å². The van der Waals surface area contributed by atoms with Crippen LogP contribution in [-0.2, 0) is 11.0 Å². The minimum Gasteiger partial charge on any atom is -0.490 e. The van der Waals surface area contributed by atoms with Gasteiger partial charge in [-0.25, -0.2) is 0 Å². The smallest absolute Gasteiger partial charge is 0.416 e. The highest BCUT2D eigenvalue weighted by Gasteiger charge is 2.29. The van der Waals surface area contributed by atoms with Crippen LogP contribution in [0.2, 0.25) is 10.0 Å². The first-order valence-electron chi connectivity index (χ1n) is 9.29. The van der Waals surface area contributed by atoms with Crippen LogP contribution < -0.4 is 14.8 Å². The van der Waals surface area contributed by atoms with Gasteiger partial charge in [0.05, 0.1) is 22.2 Å². The highest BCUT2D eigenvalue weighted by molar-refractivity contribution is 6.55. The Morgan fingerprint density at radius 3 is 2.19 bits per heavy atom. The Balaban J connectivity index is 1.74. The first-order valence-corrected chi connectivity index (χ1v) is 10.8. The predicted octanol–water partition coefficient (Wildman–Crippen LogP) is 7.90. The molecule has 0 atom stereocenters. The molecule has 0 bridgehead atoms. The lowest BCUT2D eigenvalue weighted by atomic mass is 10.2. The van der Waals surface area contributed by atoms with Crippen molar-refractivity contribution in [2.75, 3.05) is 18.5 Å². The topological polar surface area (TPSA) is 47.6 Å². The molecule has 0 unspecified atom stereocenters. The summed E-state index contributed by atoms with van der Waals surface area (Å²) in [6.45, 7) is 0.404. The number of hydrogen-bond donors (Lipinski definition) is 1. The van der Waals surface area contributed by atoms with Crippen molar-refractivity contribution in [1.82, 2.24) is 0 Å². The Kier molecular flexibility index (Phi) is 10.3. The van der Waals surface area contributed by atoms with Crippen LogP contribution in [0.25, 0.3) is 0 Å². The van der Waals surface area contributed by atoms with Crippen molar-refractivity contribution in [2.45, 2.75) is 25.4 Å². The van der Waals surface area contributed by atoms with Gasteiger partial charge in [0.25, 0.3) is 0 Å². The number of alkyl halides is 3. The number of hydrogen-bond acceptors (Lipinski definition) is 3. The fraction of sp³-hybridized carbons (Fsp3) is 0.286. The summed E-state index contributed by atoms with van der Waals surface area (Å²) in [5.74, 6) is 0.396. The lowest BCUT2D eigenvalue weighted by Gasteiger charge is -2.12. The predicted molar refractivity (Wildman–Crippen MR) is 121 cm³/mol. The van der Waals surface area contributed by atoms with Crippen molar-refractivity contribution in [3.63, 3.8) is 0 Å². The first-order chi connectivity index (χ1) is 15.1. The van der Waals surface area contributed by atoms with E-state index in [9.17, 15) is 18.0 Å². The summed E-state index contributed by atoms with van der Waals surface area (Å²) in [6.07, 6.45) is -1.76. The van der Waals surface area contributed by atoms with E-state index in [-0.39, 0.29) is 40.1 Å². The van der Waals surface area contributed by atoms with E-state index >= 15 is 0 Å². The second-order valence-corrected chi connectivity index (χ2v) is 8.27.